The number of aromatic carboxylic acids is 1. The van der Waals surface area contributed by atoms with Crippen LogP contribution in [0.1, 0.15) is 16.1 Å². The van der Waals surface area contributed by atoms with E-state index in [1.54, 1.807) is 0 Å². The minimum atomic E-state index is -1.28. The lowest BCUT2D eigenvalue weighted by Gasteiger charge is -2.09. The molecule has 0 atom stereocenters. The lowest BCUT2D eigenvalue weighted by atomic mass is 10.2. The second-order valence-electron chi connectivity index (χ2n) is 3.77. The quantitative estimate of drug-likeness (QED) is 0.891. The van der Waals surface area contributed by atoms with Crippen LogP contribution in [0.3, 0.4) is 0 Å². The lowest BCUT2D eigenvalue weighted by Crippen LogP contribution is -2.06. The Hall–Kier alpha value is -2.57. The number of carbonyl (C=O) groups is 1. The summed E-state index contributed by atoms with van der Waals surface area (Å²) in [6.07, 6.45) is 2.21. The molecular formula is C12H9F2N3O2. The zero-order valence-corrected chi connectivity index (χ0v) is 9.82. The lowest BCUT2D eigenvalue weighted by molar-refractivity contribution is 0.0690. The third-order valence-corrected chi connectivity index (χ3v) is 2.39. The Bertz CT molecular complexity index is 647. The summed E-state index contributed by atoms with van der Waals surface area (Å²) < 4.78 is 27.2. The molecule has 0 fully saturated rings. The number of benzene rings is 1. The van der Waals surface area contributed by atoms with Crippen molar-refractivity contribution in [3.05, 3.63) is 47.4 Å². The van der Waals surface area contributed by atoms with Crippen LogP contribution in [-0.2, 0) is 0 Å². The van der Waals surface area contributed by atoms with Crippen molar-refractivity contribution in [2.45, 2.75) is 6.92 Å². The van der Waals surface area contributed by atoms with E-state index in [9.17, 15) is 13.6 Å². The summed E-state index contributed by atoms with van der Waals surface area (Å²) in [4.78, 5) is 18.0. The molecule has 98 valence electrons. The molecule has 19 heavy (non-hydrogen) atoms. The van der Waals surface area contributed by atoms with Gasteiger partial charge in [-0.25, -0.2) is 18.6 Å². The maximum Gasteiger partial charge on any atom is 0.356 e. The van der Waals surface area contributed by atoms with Crippen molar-refractivity contribution in [2.24, 2.45) is 0 Å². The van der Waals surface area contributed by atoms with Gasteiger partial charge in [0.25, 0.3) is 0 Å². The first-order chi connectivity index (χ1) is 8.99. The molecule has 2 aromatic rings. The highest BCUT2D eigenvalue weighted by Crippen LogP contribution is 2.24. The van der Waals surface area contributed by atoms with Gasteiger partial charge in [0.1, 0.15) is 17.3 Å². The maximum atomic E-state index is 13.7. The fraction of sp³-hybridized carbons (Fsp3) is 0.0833. The molecule has 0 radical (unpaired) electrons. The Morgan fingerprint density at radius 2 is 2.05 bits per heavy atom. The Balaban J connectivity index is 2.39. The molecule has 0 spiro atoms. The van der Waals surface area contributed by atoms with Gasteiger partial charge in [-0.2, -0.15) is 0 Å². The number of carboxylic acids is 1. The number of carboxylic acid groups (broad SMARTS) is 1. The van der Waals surface area contributed by atoms with E-state index < -0.39 is 23.3 Å². The van der Waals surface area contributed by atoms with E-state index in [0.29, 0.717) is 0 Å². The summed E-state index contributed by atoms with van der Waals surface area (Å²) in [6, 6.07) is 2.41. The number of aryl methyl sites for hydroxylation is 1. The van der Waals surface area contributed by atoms with E-state index in [1.807, 2.05) is 0 Å². The fourth-order valence-electron chi connectivity index (χ4n) is 1.43. The number of rotatable bonds is 3. The minimum Gasteiger partial charge on any atom is -0.476 e. The molecule has 0 amide bonds. The molecule has 0 saturated carbocycles. The molecule has 0 bridgehead atoms. The van der Waals surface area contributed by atoms with E-state index in [-0.39, 0.29) is 17.1 Å². The zero-order chi connectivity index (χ0) is 14.0. The number of aromatic nitrogens is 2. The van der Waals surface area contributed by atoms with Gasteiger partial charge in [0.15, 0.2) is 11.5 Å². The Labute approximate surface area is 106 Å². The Morgan fingerprint density at radius 3 is 2.74 bits per heavy atom. The maximum absolute atomic E-state index is 13.7. The predicted molar refractivity (Wildman–Crippen MR) is 63.4 cm³/mol. The van der Waals surface area contributed by atoms with Crippen LogP contribution in [0.5, 0.6) is 0 Å². The van der Waals surface area contributed by atoms with Crippen LogP contribution in [0, 0.1) is 18.6 Å². The van der Waals surface area contributed by atoms with Crippen molar-refractivity contribution < 1.29 is 18.7 Å². The molecule has 2 N–H and O–H groups in total. The van der Waals surface area contributed by atoms with Crippen LogP contribution in [0.25, 0.3) is 0 Å². The number of nitrogens with one attached hydrogen (secondary N) is 1. The van der Waals surface area contributed by atoms with Gasteiger partial charge >= 0.3 is 5.97 Å². The highest BCUT2D eigenvalue weighted by molar-refractivity contribution is 5.85. The van der Waals surface area contributed by atoms with Crippen LogP contribution in [-0.4, -0.2) is 21.0 Å². The molecule has 0 aliphatic heterocycles. The van der Waals surface area contributed by atoms with Gasteiger partial charge < -0.3 is 10.4 Å². The van der Waals surface area contributed by atoms with Crippen molar-refractivity contribution in [1.82, 2.24) is 9.97 Å². The van der Waals surface area contributed by atoms with Gasteiger partial charge in [-0.15, -0.1) is 0 Å². The van der Waals surface area contributed by atoms with Gasteiger partial charge in [0, 0.05) is 0 Å². The third-order valence-electron chi connectivity index (χ3n) is 2.39. The van der Waals surface area contributed by atoms with Gasteiger partial charge in [-0.05, 0) is 18.6 Å². The smallest absolute Gasteiger partial charge is 0.356 e. The van der Waals surface area contributed by atoms with Gasteiger partial charge in [0.2, 0.25) is 0 Å². The van der Waals surface area contributed by atoms with Crippen LogP contribution < -0.4 is 5.32 Å². The SMILES string of the molecule is Cc1ccc(F)c(Nc2cncc(C(=O)O)n2)c1F. The molecule has 1 heterocycles. The first kappa shape index (κ1) is 12.9. The molecule has 5 nitrogen and oxygen atoms in total. The number of anilines is 2. The van der Waals surface area contributed by atoms with E-state index in [4.69, 9.17) is 5.11 Å². The predicted octanol–water partition coefficient (Wildman–Crippen LogP) is 2.51. The number of halogens is 2. The average Bonchev–Trinajstić information content (AvgIpc) is 2.39. The highest BCUT2D eigenvalue weighted by atomic mass is 19.1. The Kier molecular flexibility index (Phi) is 3.37. The Morgan fingerprint density at radius 1 is 1.32 bits per heavy atom. The van der Waals surface area contributed by atoms with Crippen LogP contribution in [0.4, 0.5) is 20.3 Å². The van der Waals surface area contributed by atoms with Gasteiger partial charge in [-0.1, -0.05) is 6.07 Å². The summed E-state index contributed by atoms with van der Waals surface area (Å²) in [5.74, 6) is -2.89. The first-order valence-electron chi connectivity index (χ1n) is 5.26. The fourth-order valence-corrected chi connectivity index (χ4v) is 1.43. The summed E-state index contributed by atoms with van der Waals surface area (Å²) in [6.45, 7) is 1.49. The van der Waals surface area contributed by atoms with Crippen molar-refractivity contribution in [2.75, 3.05) is 5.32 Å². The zero-order valence-electron chi connectivity index (χ0n) is 9.82. The number of hydrogen-bond donors (Lipinski definition) is 2. The highest BCUT2D eigenvalue weighted by Gasteiger charge is 2.13. The van der Waals surface area contributed by atoms with Gasteiger partial charge in [-0.3, -0.25) is 4.98 Å². The molecular weight excluding hydrogens is 256 g/mol. The van der Waals surface area contributed by atoms with E-state index in [2.05, 4.69) is 15.3 Å². The molecule has 2 rings (SSSR count). The molecule has 0 saturated heterocycles. The van der Waals surface area contributed by atoms with Crippen molar-refractivity contribution >= 4 is 17.5 Å². The summed E-state index contributed by atoms with van der Waals surface area (Å²) in [5, 5.41) is 11.1. The standard InChI is InChI=1S/C12H9F2N3O2/c1-6-2-3-7(13)11(10(6)14)17-9-5-15-4-8(16-9)12(18)19/h2-5H,1H3,(H,16,17)(H,18,19). The second kappa shape index (κ2) is 4.97. The third kappa shape index (κ3) is 2.65. The summed E-state index contributed by atoms with van der Waals surface area (Å²) in [7, 11) is 0. The molecule has 0 aliphatic carbocycles. The number of hydrogen-bond acceptors (Lipinski definition) is 4. The molecule has 0 aliphatic rings. The molecule has 7 heteroatoms. The monoisotopic (exact) mass is 265 g/mol. The number of nitrogens with zero attached hydrogens (tertiary/aromatic N) is 2. The van der Waals surface area contributed by atoms with E-state index in [0.717, 1.165) is 12.3 Å². The van der Waals surface area contributed by atoms with Crippen molar-refractivity contribution in [3.63, 3.8) is 0 Å². The molecule has 1 aromatic heterocycles. The summed E-state index contributed by atoms with van der Waals surface area (Å²) >= 11 is 0. The minimum absolute atomic E-state index is 0.0525. The van der Waals surface area contributed by atoms with Gasteiger partial charge in [0.05, 0.1) is 12.4 Å². The largest absolute Gasteiger partial charge is 0.476 e. The average molecular weight is 265 g/mol. The van der Waals surface area contributed by atoms with Crippen LogP contribution in [0.15, 0.2) is 24.5 Å². The van der Waals surface area contributed by atoms with Crippen molar-refractivity contribution in [1.29, 1.82) is 0 Å². The van der Waals surface area contributed by atoms with Crippen molar-refractivity contribution in [3.8, 4) is 0 Å². The molecule has 1 aromatic carbocycles. The van der Waals surface area contributed by atoms with Crippen LogP contribution >= 0.6 is 0 Å². The molecule has 0 unspecified atom stereocenters. The topological polar surface area (TPSA) is 75.1 Å². The normalized spacial score (nSPS) is 10.3. The summed E-state index contributed by atoms with van der Waals surface area (Å²) in [5.41, 5.74) is -0.457. The second-order valence-corrected chi connectivity index (χ2v) is 3.77. The van der Waals surface area contributed by atoms with Crippen LogP contribution in [0.2, 0.25) is 0 Å². The van der Waals surface area contributed by atoms with E-state index >= 15 is 0 Å². The van der Waals surface area contributed by atoms with E-state index in [1.165, 1.54) is 19.2 Å². The first-order valence-corrected chi connectivity index (χ1v) is 5.26.